The van der Waals surface area contributed by atoms with Gasteiger partial charge in [-0.3, -0.25) is 9.36 Å². The summed E-state index contributed by atoms with van der Waals surface area (Å²) in [6.07, 6.45) is -1.78. The standard InChI is InChI=1S/C38H35N5O5/c1-24-13-17-28(18-14-24)38(27-11-7-4-8-12-27,29-19-15-25(2)16-20-29)47-21-30-32(44)33(45)37(48-30)43-23-41-31-34(39-22-40-35(31)43)42-36(46)26-9-5-3-6-10-26/h3-20,22-23,30,32-33,37,44-45H,21H2,1-2H3,(H,39,40,42,46)/t30-,32+,33?,37-/m1/s1. The lowest BCUT2D eigenvalue weighted by atomic mass is 9.79. The second kappa shape index (κ2) is 13.1. The smallest absolute Gasteiger partial charge is 0.256 e. The number of hydrogen-bond acceptors (Lipinski definition) is 8. The van der Waals surface area contributed by atoms with E-state index < -0.39 is 30.1 Å². The van der Waals surface area contributed by atoms with E-state index in [2.05, 4.69) is 44.5 Å². The number of aliphatic hydroxyl groups is 2. The van der Waals surface area contributed by atoms with Crippen LogP contribution in [0.4, 0.5) is 5.82 Å². The van der Waals surface area contributed by atoms with Crippen molar-refractivity contribution in [2.24, 2.45) is 0 Å². The van der Waals surface area contributed by atoms with E-state index in [-0.39, 0.29) is 18.3 Å². The summed E-state index contributed by atoms with van der Waals surface area (Å²) < 4.78 is 14.8. The van der Waals surface area contributed by atoms with E-state index >= 15 is 0 Å². The second-order valence-electron chi connectivity index (χ2n) is 12.0. The highest BCUT2D eigenvalue weighted by Gasteiger charge is 2.47. The summed E-state index contributed by atoms with van der Waals surface area (Å²) in [6.45, 7) is 4.02. The van der Waals surface area contributed by atoms with Crippen LogP contribution >= 0.6 is 0 Å². The SMILES string of the molecule is Cc1ccc(C(OC[C@H]2O[C@@H](n3cnc4c(NC(=O)c5ccccc5)ncnc43)C(O)[C@H]2O)(c2ccccc2)c2ccc(C)cc2)cc1. The number of amides is 1. The highest BCUT2D eigenvalue weighted by atomic mass is 16.6. The number of aromatic nitrogens is 4. The number of benzene rings is 4. The average Bonchev–Trinajstić information content (AvgIpc) is 3.67. The first-order valence-electron chi connectivity index (χ1n) is 15.7. The molecule has 0 spiro atoms. The minimum Gasteiger partial charge on any atom is -0.387 e. The van der Waals surface area contributed by atoms with Gasteiger partial charge in [0, 0.05) is 5.56 Å². The zero-order chi connectivity index (χ0) is 33.3. The van der Waals surface area contributed by atoms with Crippen LogP contribution in [0.15, 0.2) is 122 Å². The van der Waals surface area contributed by atoms with Crippen LogP contribution in [-0.2, 0) is 15.1 Å². The number of aryl methyl sites for hydroxylation is 2. The van der Waals surface area contributed by atoms with Crippen LogP contribution in [0.5, 0.6) is 0 Å². The topological polar surface area (TPSA) is 132 Å². The molecule has 242 valence electrons. The van der Waals surface area contributed by atoms with Crippen LogP contribution in [0.25, 0.3) is 11.2 Å². The van der Waals surface area contributed by atoms with Crippen molar-refractivity contribution >= 4 is 22.9 Å². The quantitative estimate of drug-likeness (QED) is 0.181. The molecule has 1 fully saturated rings. The molecule has 0 aliphatic carbocycles. The fourth-order valence-corrected chi connectivity index (χ4v) is 6.20. The molecule has 1 aliphatic rings. The maximum Gasteiger partial charge on any atom is 0.256 e. The van der Waals surface area contributed by atoms with Gasteiger partial charge in [0.15, 0.2) is 23.2 Å². The van der Waals surface area contributed by atoms with Gasteiger partial charge in [0.1, 0.15) is 30.2 Å². The van der Waals surface area contributed by atoms with Crippen LogP contribution in [-0.4, -0.2) is 60.6 Å². The molecule has 48 heavy (non-hydrogen) atoms. The van der Waals surface area contributed by atoms with Crippen molar-refractivity contribution in [1.29, 1.82) is 0 Å². The van der Waals surface area contributed by atoms with Gasteiger partial charge >= 0.3 is 0 Å². The zero-order valence-corrected chi connectivity index (χ0v) is 26.5. The van der Waals surface area contributed by atoms with Crippen LogP contribution in [0.2, 0.25) is 0 Å². The zero-order valence-electron chi connectivity index (χ0n) is 26.5. The fourth-order valence-electron chi connectivity index (χ4n) is 6.20. The maximum absolute atomic E-state index is 12.8. The molecule has 10 nitrogen and oxygen atoms in total. The number of aliphatic hydroxyl groups excluding tert-OH is 2. The first kappa shape index (κ1) is 31.3. The van der Waals surface area contributed by atoms with Gasteiger partial charge in [0.2, 0.25) is 0 Å². The summed E-state index contributed by atoms with van der Waals surface area (Å²) in [5.41, 5.74) is 5.02. The highest BCUT2D eigenvalue weighted by molar-refractivity contribution is 6.06. The third-order valence-electron chi connectivity index (χ3n) is 8.80. The minimum atomic E-state index is -1.32. The van der Waals surface area contributed by atoms with Gasteiger partial charge < -0.3 is 25.0 Å². The molecule has 10 heteroatoms. The van der Waals surface area contributed by atoms with Gasteiger partial charge in [0.25, 0.3) is 5.91 Å². The molecule has 1 saturated heterocycles. The van der Waals surface area contributed by atoms with E-state index in [9.17, 15) is 15.0 Å². The van der Waals surface area contributed by atoms with E-state index in [1.54, 1.807) is 24.3 Å². The lowest BCUT2D eigenvalue weighted by Crippen LogP contribution is -2.39. The molecular weight excluding hydrogens is 606 g/mol. The Morgan fingerprint density at radius 2 is 1.38 bits per heavy atom. The summed E-state index contributed by atoms with van der Waals surface area (Å²) in [4.78, 5) is 25.9. The van der Waals surface area contributed by atoms with Crippen LogP contribution < -0.4 is 5.32 Å². The normalized spacial score (nSPS) is 19.4. The Hall–Kier alpha value is -5.26. The lowest BCUT2D eigenvalue weighted by Gasteiger charge is -2.37. The lowest BCUT2D eigenvalue weighted by molar-refractivity contribution is -0.0942. The Morgan fingerprint density at radius 3 is 2.00 bits per heavy atom. The summed E-state index contributed by atoms with van der Waals surface area (Å²) in [6, 6.07) is 35.1. The van der Waals surface area contributed by atoms with Crippen molar-refractivity contribution < 1.29 is 24.5 Å². The maximum atomic E-state index is 12.8. The van der Waals surface area contributed by atoms with E-state index in [1.165, 1.54) is 17.2 Å². The number of anilines is 1. The van der Waals surface area contributed by atoms with Gasteiger partial charge in [-0.15, -0.1) is 0 Å². The predicted octanol–water partition coefficient (Wildman–Crippen LogP) is 5.32. The number of carbonyl (C=O) groups is 1. The summed E-state index contributed by atoms with van der Waals surface area (Å²) >= 11 is 0. The number of rotatable bonds is 9. The number of carbonyl (C=O) groups excluding carboxylic acids is 1. The van der Waals surface area contributed by atoms with E-state index in [0.717, 1.165) is 27.8 Å². The number of ether oxygens (including phenoxy) is 2. The number of nitrogens with zero attached hydrogens (tertiary/aromatic N) is 4. The average molecular weight is 642 g/mol. The number of hydrogen-bond donors (Lipinski definition) is 3. The predicted molar refractivity (Wildman–Crippen MR) is 180 cm³/mol. The molecule has 1 amide bonds. The first-order chi connectivity index (χ1) is 23.3. The summed E-state index contributed by atoms with van der Waals surface area (Å²) in [5, 5.41) is 25.4. The Labute approximate surface area is 277 Å². The minimum absolute atomic E-state index is 0.0502. The van der Waals surface area contributed by atoms with Crippen molar-refractivity contribution in [2.45, 2.75) is 44.0 Å². The van der Waals surface area contributed by atoms with Crippen LogP contribution in [0.1, 0.15) is 44.4 Å². The Kier molecular flexibility index (Phi) is 8.55. The third-order valence-corrected chi connectivity index (χ3v) is 8.80. The van der Waals surface area contributed by atoms with Crippen LogP contribution in [0.3, 0.4) is 0 Å². The van der Waals surface area contributed by atoms with Crippen molar-refractivity contribution in [3.05, 3.63) is 155 Å². The van der Waals surface area contributed by atoms with E-state index in [4.69, 9.17) is 9.47 Å². The van der Waals surface area contributed by atoms with Crippen molar-refractivity contribution in [1.82, 2.24) is 19.5 Å². The molecular formula is C38H35N5O5. The van der Waals surface area contributed by atoms with Crippen LogP contribution in [0, 0.1) is 13.8 Å². The molecule has 2 aromatic heterocycles. The first-order valence-corrected chi connectivity index (χ1v) is 15.7. The number of nitrogens with one attached hydrogen (secondary N) is 1. The number of imidazole rings is 1. The van der Waals surface area contributed by atoms with Gasteiger partial charge in [-0.2, -0.15) is 0 Å². The molecule has 0 bridgehead atoms. The second-order valence-corrected chi connectivity index (χ2v) is 12.0. The molecule has 7 rings (SSSR count). The largest absolute Gasteiger partial charge is 0.387 e. The number of fused-ring (bicyclic) bond motifs is 1. The molecule has 6 aromatic rings. The van der Waals surface area contributed by atoms with Crippen molar-refractivity contribution in [2.75, 3.05) is 11.9 Å². The van der Waals surface area contributed by atoms with Gasteiger partial charge in [-0.05, 0) is 42.7 Å². The summed E-state index contributed by atoms with van der Waals surface area (Å²) in [5.74, 6) is -0.136. The van der Waals surface area contributed by atoms with E-state index in [0.29, 0.717) is 16.7 Å². The molecule has 1 unspecified atom stereocenters. The molecule has 0 saturated carbocycles. The van der Waals surface area contributed by atoms with E-state index in [1.807, 2.05) is 74.5 Å². The molecule has 3 N–H and O–H groups in total. The Balaban J connectivity index is 1.19. The Bertz CT molecular complexity index is 1970. The Morgan fingerprint density at radius 1 is 0.792 bits per heavy atom. The van der Waals surface area contributed by atoms with Gasteiger partial charge in [-0.25, -0.2) is 15.0 Å². The van der Waals surface area contributed by atoms with Crippen molar-refractivity contribution in [3.63, 3.8) is 0 Å². The third kappa shape index (κ3) is 5.75. The highest BCUT2D eigenvalue weighted by Crippen LogP contribution is 2.42. The molecule has 4 aromatic carbocycles. The van der Waals surface area contributed by atoms with Crippen molar-refractivity contribution in [3.8, 4) is 0 Å². The van der Waals surface area contributed by atoms with Gasteiger partial charge in [0.05, 0.1) is 12.9 Å². The monoisotopic (exact) mass is 641 g/mol. The molecule has 1 aliphatic heterocycles. The molecule has 4 atom stereocenters. The molecule has 0 radical (unpaired) electrons. The summed E-state index contributed by atoms with van der Waals surface area (Å²) in [7, 11) is 0. The molecule has 3 heterocycles. The van der Waals surface area contributed by atoms with Gasteiger partial charge in [-0.1, -0.05) is 108 Å². The fraction of sp³-hybridized carbons (Fsp3) is 0.211.